The van der Waals surface area contributed by atoms with Gasteiger partial charge in [0.1, 0.15) is 5.75 Å². The van der Waals surface area contributed by atoms with Crippen LogP contribution in [0.25, 0.3) is 10.9 Å². The van der Waals surface area contributed by atoms with Crippen molar-refractivity contribution < 1.29 is 19.1 Å². The van der Waals surface area contributed by atoms with Gasteiger partial charge in [-0.1, -0.05) is 24.3 Å². The first-order chi connectivity index (χ1) is 17.9. The fourth-order valence-electron chi connectivity index (χ4n) is 4.08. The van der Waals surface area contributed by atoms with Crippen LogP contribution in [0.3, 0.4) is 0 Å². The second kappa shape index (κ2) is 10.9. The molecule has 1 heterocycles. The number of benzene rings is 3. The Morgan fingerprint density at radius 3 is 2.11 bits per heavy atom. The summed E-state index contributed by atoms with van der Waals surface area (Å²) < 4.78 is 12.5. The van der Waals surface area contributed by atoms with Crippen molar-refractivity contribution in [1.82, 2.24) is 14.5 Å². The second-order valence-electron chi connectivity index (χ2n) is 8.37. The van der Waals surface area contributed by atoms with Gasteiger partial charge in [-0.25, -0.2) is 9.59 Å². The Morgan fingerprint density at radius 2 is 1.49 bits per heavy atom. The Morgan fingerprint density at radius 1 is 0.838 bits per heavy atom. The molecular weight excluding hydrogens is 474 g/mol. The Labute approximate surface area is 212 Å². The van der Waals surface area contributed by atoms with Gasteiger partial charge in [-0.3, -0.25) is 18.7 Å². The summed E-state index contributed by atoms with van der Waals surface area (Å²) in [7, 11) is 2.88. The summed E-state index contributed by atoms with van der Waals surface area (Å²) in [6.45, 7) is 2.49. The fourth-order valence-corrected chi connectivity index (χ4v) is 4.08. The summed E-state index contributed by atoms with van der Waals surface area (Å²) in [6, 6.07) is 18.6. The van der Waals surface area contributed by atoms with Crippen molar-refractivity contribution in [3.63, 3.8) is 0 Å². The van der Waals surface area contributed by atoms with Crippen molar-refractivity contribution >= 4 is 22.8 Å². The summed E-state index contributed by atoms with van der Waals surface area (Å²) in [5, 5.41) is 3.12. The Hall–Kier alpha value is -4.66. The first-order valence-electron chi connectivity index (χ1n) is 11.7. The SMILES string of the molecule is CCn1c(=O)n(Cc2ccc(C(=O)OC)cc2)c(=O)c2cc(C(=O)NCc3ccc(OC)cc3)ccc21. The van der Waals surface area contributed by atoms with Crippen molar-refractivity contribution in [2.75, 3.05) is 14.2 Å². The number of hydrogen-bond acceptors (Lipinski definition) is 6. The maximum Gasteiger partial charge on any atom is 0.337 e. The number of ether oxygens (including phenoxy) is 2. The molecule has 0 radical (unpaired) electrons. The van der Waals surface area contributed by atoms with Crippen LogP contribution in [0.2, 0.25) is 0 Å². The largest absolute Gasteiger partial charge is 0.497 e. The summed E-state index contributed by atoms with van der Waals surface area (Å²) in [6.07, 6.45) is 0. The number of aromatic nitrogens is 2. The van der Waals surface area contributed by atoms with E-state index >= 15 is 0 Å². The van der Waals surface area contributed by atoms with Crippen LogP contribution in [-0.4, -0.2) is 35.2 Å². The molecule has 3 aromatic carbocycles. The molecule has 1 N–H and O–H groups in total. The van der Waals surface area contributed by atoms with Gasteiger partial charge in [0, 0.05) is 18.7 Å². The molecule has 9 heteroatoms. The number of carbonyl (C=O) groups excluding carboxylic acids is 2. The number of esters is 1. The van der Waals surface area contributed by atoms with Gasteiger partial charge in [-0.05, 0) is 60.5 Å². The summed E-state index contributed by atoms with van der Waals surface area (Å²) in [5.41, 5.74) is 1.76. The molecule has 4 aromatic rings. The van der Waals surface area contributed by atoms with Crippen molar-refractivity contribution in [2.24, 2.45) is 0 Å². The van der Waals surface area contributed by atoms with Gasteiger partial charge in [0.15, 0.2) is 0 Å². The molecule has 4 rings (SSSR count). The van der Waals surface area contributed by atoms with Crippen LogP contribution in [-0.2, 0) is 24.4 Å². The molecule has 9 nitrogen and oxygen atoms in total. The lowest BCUT2D eigenvalue weighted by Gasteiger charge is -2.14. The van der Waals surface area contributed by atoms with Crippen molar-refractivity contribution in [1.29, 1.82) is 0 Å². The highest BCUT2D eigenvalue weighted by atomic mass is 16.5. The molecule has 0 aliphatic carbocycles. The van der Waals surface area contributed by atoms with E-state index in [0.29, 0.717) is 35.3 Å². The molecule has 0 saturated carbocycles. The van der Waals surface area contributed by atoms with Crippen LogP contribution in [0.5, 0.6) is 5.75 Å². The van der Waals surface area contributed by atoms with Crippen molar-refractivity contribution in [3.05, 3.63) is 110 Å². The molecule has 0 fully saturated rings. The highest BCUT2D eigenvalue weighted by molar-refractivity contribution is 5.97. The molecule has 190 valence electrons. The van der Waals surface area contributed by atoms with Crippen LogP contribution >= 0.6 is 0 Å². The molecule has 0 unspecified atom stereocenters. The van der Waals surface area contributed by atoms with Crippen LogP contribution in [0.1, 0.15) is 38.8 Å². The third-order valence-electron chi connectivity index (χ3n) is 6.13. The minimum Gasteiger partial charge on any atom is -0.497 e. The first-order valence-corrected chi connectivity index (χ1v) is 11.7. The normalized spacial score (nSPS) is 10.8. The lowest BCUT2D eigenvalue weighted by molar-refractivity contribution is 0.0600. The van der Waals surface area contributed by atoms with E-state index in [1.807, 2.05) is 31.2 Å². The molecule has 0 bridgehead atoms. The number of methoxy groups -OCH3 is 2. The van der Waals surface area contributed by atoms with Gasteiger partial charge in [-0.15, -0.1) is 0 Å². The van der Waals surface area contributed by atoms with Crippen LogP contribution in [0, 0.1) is 0 Å². The minimum atomic E-state index is -0.494. The zero-order chi connectivity index (χ0) is 26.5. The summed E-state index contributed by atoms with van der Waals surface area (Å²) in [4.78, 5) is 51.1. The predicted molar refractivity (Wildman–Crippen MR) is 139 cm³/mol. The van der Waals surface area contributed by atoms with Crippen LogP contribution in [0.15, 0.2) is 76.3 Å². The third-order valence-corrected chi connectivity index (χ3v) is 6.13. The summed E-state index contributed by atoms with van der Waals surface area (Å²) >= 11 is 0. The quantitative estimate of drug-likeness (QED) is 0.372. The molecule has 1 amide bonds. The molecule has 0 aliphatic heterocycles. The maximum absolute atomic E-state index is 13.4. The van der Waals surface area contributed by atoms with Gasteiger partial charge < -0.3 is 14.8 Å². The number of carbonyl (C=O) groups is 2. The van der Waals surface area contributed by atoms with E-state index in [-0.39, 0.29) is 17.8 Å². The molecule has 0 aliphatic rings. The molecule has 1 aromatic heterocycles. The number of amides is 1. The van der Waals surface area contributed by atoms with E-state index in [4.69, 9.17) is 9.47 Å². The number of aryl methyl sites for hydroxylation is 1. The van der Waals surface area contributed by atoms with Gasteiger partial charge in [-0.2, -0.15) is 0 Å². The van der Waals surface area contributed by atoms with Crippen molar-refractivity contribution in [3.8, 4) is 5.75 Å². The Balaban J connectivity index is 1.65. The topological polar surface area (TPSA) is 109 Å². The zero-order valence-electron chi connectivity index (χ0n) is 20.8. The molecule has 0 spiro atoms. The van der Waals surface area contributed by atoms with Gasteiger partial charge in [0.25, 0.3) is 11.5 Å². The number of rotatable bonds is 8. The van der Waals surface area contributed by atoms with E-state index in [1.165, 1.54) is 17.7 Å². The van der Waals surface area contributed by atoms with E-state index in [9.17, 15) is 19.2 Å². The highest BCUT2D eigenvalue weighted by Gasteiger charge is 2.16. The van der Waals surface area contributed by atoms with Gasteiger partial charge in [0.2, 0.25) is 0 Å². The minimum absolute atomic E-state index is 0.0168. The van der Waals surface area contributed by atoms with Gasteiger partial charge in [0.05, 0.1) is 37.2 Å². The predicted octanol–water partition coefficient (Wildman–Crippen LogP) is 2.96. The average molecular weight is 502 g/mol. The number of hydrogen-bond donors (Lipinski definition) is 1. The smallest absolute Gasteiger partial charge is 0.337 e. The van der Waals surface area contributed by atoms with Crippen molar-refractivity contribution in [2.45, 2.75) is 26.6 Å². The maximum atomic E-state index is 13.4. The van der Waals surface area contributed by atoms with E-state index in [1.54, 1.807) is 43.5 Å². The zero-order valence-corrected chi connectivity index (χ0v) is 20.8. The van der Waals surface area contributed by atoms with Crippen LogP contribution < -0.4 is 21.3 Å². The monoisotopic (exact) mass is 501 g/mol. The molecule has 0 atom stereocenters. The first kappa shape index (κ1) is 25.4. The third kappa shape index (κ3) is 5.30. The van der Waals surface area contributed by atoms with Gasteiger partial charge >= 0.3 is 11.7 Å². The molecule has 0 saturated heterocycles. The molecular formula is C28H27N3O6. The van der Waals surface area contributed by atoms with E-state index in [2.05, 4.69) is 5.32 Å². The number of nitrogens with zero attached hydrogens (tertiary/aromatic N) is 2. The van der Waals surface area contributed by atoms with E-state index in [0.717, 1.165) is 15.9 Å². The number of fused-ring (bicyclic) bond motifs is 1. The Bertz CT molecular complexity index is 1570. The number of nitrogens with one attached hydrogen (secondary N) is 1. The lowest BCUT2D eigenvalue weighted by atomic mass is 10.1. The average Bonchev–Trinajstić information content (AvgIpc) is 2.94. The highest BCUT2D eigenvalue weighted by Crippen LogP contribution is 2.14. The van der Waals surface area contributed by atoms with Crippen LogP contribution in [0.4, 0.5) is 0 Å². The second-order valence-corrected chi connectivity index (χ2v) is 8.37. The molecule has 37 heavy (non-hydrogen) atoms. The van der Waals surface area contributed by atoms with E-state index < -0.39 is 17.2 Å². The Kier molecular flexibility index (Phi) is 7.52. The fraction of sp³-hybridized carbons (Fsp3) is 0.214. The lowest BCUT2D eigenvalue weighted by Crippen LogP contribution is -2.40. The summed E-state index contributed by atoms with van der Waals surface area (Å²) in [5.74, 6) is -0.0841. The standard InChI is InChI=1S/C28H27N3O6/c1-4-30-24-14-11-21(25(32)29-16-18-7-12-22(36-2)13-8-18)15-23(24)26(33)31(28(30)35)17-19-5-9-20(10-6-19)27(34)37-3/h5-15H,4,16-17H2,1-3H3,(H,29,32).